The Labute approximate surface area is 185 Å². The van der Waals surface area contributed by atoms with E-state index in [-0.39, 0.29) is 18.2 Å². The monoisotopic (exact) mass is 442 g/mol. The van der Waals surface area contributed by atoms with Crippen LogP contribution in [0.25, 0.3) is 5.57 Å². The summed E-state index contributed by atoms with van der Waals surface area (Å²) in [6, 6.07) is 12.6. The molecule has 0 spiro atoms. The highest BCUT2D eigenvalue weighted by Gasteiger charge is 2.20. The highest BCUT2D eigenvalue weighted by atomic mass is 35.5. The number of hydrogen-bond donors (Lipinski definition) is 1. The lowest BCUT2D eigenvalue weighted by Gasteiger charge is -2.31. The maximum atomic E-state index is 13.8. The Morgan fingerprint density at radius 3 is 2.45 bits per heavy atom. The lowest BCUT2D eigenvalue weighted by molar-refractivity contribution is 0.101. The molecule has 0 atom stereocenters. The molecule has 3 heterocycles. The molecule has 0 unspecified atom stereocenters. The van der Waals surface area contributed by atoms with Crippen LogP contribution >= 0.6 is 12.4 Å². The van der Waals surface area contributed by atoms with Crippen molar-refractivity contribution in [1.29, 1.82) is 0 Å². The zero-order valence-electron chi connectivity index (χ0n) is 16.8. The minimum Gasteiger partial charge on any atom is -0.352 e. The fourth-order valence-electron chi connectivity index (χ4n) is 3.47. The molecule has 1 N–H and O–H groups in total. The van der Waals surface area contributed by atoms with Crippen LogP contribution < -0.4 is 10.2 Å². The van der Waals surface area contributed by atoms with Gasteiger partial charge in [-0.25, -0.2) is 18.7 Å². The van der Waals surface area contributed by atoms with Crippen LogP contribution in [-0.4, -0.2) is 29.0 Å². The fourth-order valence-corrected chi connectivity index (χ4v) is 3.47. The number of anilines is 2. The molecule has 1 aliphatic heterocycles. The molecule has 0 radical (unpaired) electrons. The van der Waals surface area contributed by atoms with Gasteiger partial charge >= 0.3 is 0 Å². The second kappa shape index (κ2) is 9.66. The molecule has 5 nitrogen and oxygen atoms in total. The summed E-state index contributed by atoms with van der Waals surface area (Å²) in [4.78, 5) is 23.1. The van der Waals surface area contributed by atoms with Crippen molar-refractivity contribution in [2.45, 2.75) is 13.3 Å². The molecular formula is C23H21ClF2N4O. The third kappa shape index (κ3) is 4.88. The summed E-state index contributed by atoms with van der Waals surface area (Å²) < 4.78 is 27.6. The first-order valence-corrected chi connectivity index (χ1v) is 9.59. The topological polar surface area (TPSA) is 58.1 Å². The predicted molar refractivity (Wildman–Crippen MR) is 119 cm³/mol. The maximum Gasteiger partial charge on any atom is 0.262 e. The molecule has 1 aliphatic rings. The number of amides is 1. The van der Waals surface area contributed by atoms with Gasteiger partial charge in [0, 0.05) is 25.5 Å². The summed E-state index contributed by atoms with van der Waals surface area (Å²) in [6.45, 7) is 3.69. The largest absolute Gasteiger partial charge is 0.352 e. The number of pyridine rings is 2. The number of carbonyl (C=O) groups excluding carboxylic acids is 1. The summed E-state index contributed by atoms with van der Waals surface area (Å²) in [7, 11) is 0. The van der Waals surface area contributed by atoms with Crippen molar-refractivity contribution in [3.05, 3.63) is 89.3 Å². The van der Waals surface area contributed by atoms with Crippen LogP contribution in [0.5, 0.6) is 0 Å². The Kier molecular flexibility index (Phi) is 6.97. The Morgan fingerprint density at radius 1 is 1.03 bits per heavy atom. The molecule has 0 aliphatic carbocycles. The van der Waals surface area contributed by atoms with Crippen LogP contribution in [0.2, 0.25) is 0 Å². The van der Waals surface area contributed by atoms with Gasteiger partial charge in [0.2, 0.25) is 0 Å². The third-order valence-electron chi connectivity index (χ3n) is 5.14. The SMILES string of the molecule is CC1=C(c2ccc(NC(=O)c3c(F)cccc3F)nc2)CN(c2ccccn2)CC1.Cl. The summed E-state index contributed by atoms with van der Waals surface area (Å²) in [5, 5.41) is 2.45. The quantitative estimate of drug-likeness (QED) is 0.609. The molecule has 4 rings (SSSR count). The van der Waals surface area contributed by atoms with Gasteiger partial charge in [0.25, 0.3) is 5.91 Å². The van der Waals surface area contributed by atoms with Crippen molar-refractivity contribution in [1.82, 2.24) is 9.97 Å². The van der Waals surface area contributed by atoms with Gasteiger partial charge in [0.1, 0.15) is 28.8 Å². The van der Waals surface area contributed by atoms with E-state index in [0.717, 1.165) is 42.1 Å². The van der Waals surface area contributed by atoms with Crippen molar-refractivity contribution in [3.63, 3.8) is 0 Å². The normalized spacial score (nSPS) is 13.6. The van der Waals surface area contributed by atoms with Crippen LogP contribution in [0.4, 0.5) is 20.4 Å². The fraction of sp³-hybridized carbons (Fsp3) is 0.174. The number of nitrogens with zero attached hydrogens (tertiary/aromatic N) is 3. The maximum absolute atomic E-state index is 13.8. The second-order valence-corrected chi connectivity index (χ2v) is 7.10. The highest BCUT2D eigenvalue weighted by Crippen LogP contribution is 2.29. The molecule has 8 heteroatoms. The van der Waals surface area contributed by atoms with Gasteiger partial charge in [-0.2, -0.15) is 0 Å². The van der Waals surface area contributed by atoms with Crippen LogP contribution in [0.15, 0.2) is 66.5 Å². The van der Waals surface area contributed by atoms with E-state index >= 15 is 0 Å². The Balaban J connectivity index is 0.00000272. The Hall–Kier alpha value is -3.32. The van der Waals surface area contributed by atoms with Gasteiger partial charge in [-0.3, -0.25) is 4.79 Å². The number of halogens is 3. The minimum atomic E-state index is -0.915. The van der Waals surface area contributed by atoms with E-state index in [9.17, 15) is 13.6 Å². The summed E-state index contributed by atoms with van der Waals surface area (Å²) in [5.74, 6) is -1.56. The molecule has 0 saturated heterocycles. The average molecular weight is 443 g/mol. The minimum absolute atomic E-state index is 0. The van der Waals surface area contributed by atoms with Crippen LogP contribution in [0.3, 0.4) is 0 Å². The Bertz CT molecular complexity index is 1080. The zero-order valence-corrected chi connectivity index (χ0v) is 17.6. The number of benzene rings is 1. The first kappa shape index (κ1) is 22.4. The van der Waals surface area contributed by atoms with Crippen LogP contribution in [0, 0.1) is 11.6 Å². The smallest absolute Gasteiger partial charge is 0.262 e. The van der Waals surface area contributed by atoms with Gasteiger partial charge in [0.15, 0.2) is 0 Å². The molecule has 0 saturated carbocycles. The molecule has 3 aromatic rings. The molecule has 1 amide bonds. The van der Waals surface area contributed by atoms with Crippen molar-refractivity contribution >= 4 is 35.5 Å². The predicted octanol–water partition coefficient (Wildman–Crippen LogP) is 5.11. The molecule has 160 valence electrons. The molecule has 0 bridgehead atoms. The van der Waals surface area contributed by atoms with E-state index in [1.807, 2.05) is 24.3 Å². The lowest BCUT2D eigenvalue weighted by atomic mass is 9.96. The van der Waals surface area contributed by atoms with Gasteiger partial charge in [-0.1, -0.05) is 17.7 Å². The van der Waals surface area contributed by atoms with Crippen LogP contribution in [-0.2, 0) is 0 Å². The zero-order chi connectivity index (χ0) is 21.1. The van der Waals surface area contributed by atoms with E-state index in [1.54, 1.807) is 18.5 Å². The number of nitrogens with one attached hydrogen (secondary N) is 1. The second-order valence-electron chi connectivity index (χ2n) is 7.10. The first-order chi connectivity index (χ1) is 14.5. The molecule has 31 heavy (non-hydrogen) atoms. The number of carbonyl (C=O) groups is 1. The van der Waals surface area contributed by atoms with Crippen molar-refractivity contribution in [2.24, 2.45) is 0 Å². The number of aromatic nitrogens is 2. The van der Waals surface area contributed by atoms with E-state index in [1.165, 1.54) is 11.6 Å². The Morgan fingerprint density at radius 2 is 1.81 bits per heavy atom. The molecular weight excluding hydrogens is 422 g/mol. The highest BCUT2D eigenvalue weighted by molar-refractivity contribution is 6.04. The number of rotatable bonds is 4. The van der Waals surface area contributed by atoms with Gasteiger partial charge < -0.3 is 10.2 Å². The van der Waals surface area contributed by atoms with Crippen LogP contribution in [0.1, 0.15) is 29.3 Å². The van der Waals surface area contributed by atoms with Gasteiger partial charge in [-0.05, 0) is 60.9 Å². The van der Waals surface area contributed by atoms with E-state index < -0.39 is 23.1 Å². The van der Waals surface area contributed by atoms with Crippen molar-refractivity contribution < 1.29 is 13.6 Å². The third-order valence-corrected chi connectivity index (χ3v) is 5.14. The molecule has 2 aromatic heterocycles. The van der Waals surface area contributed by atoms with Crippen molar-refractivity contribution in [2.75, 3.05) is 23.3 Å². The number of hydrogen-bond acceptors (Lipinski definition) is 4. The molecule has 1 aromatic carbocycles. The van der Waals surface area contributed by atoms with E-state index in [2.05, 4.69) is 27.1 Å². The summed E-state index contributed by atoms with van der Waals surface area (Å²) in [5.41, 5.74) is 2.73. The molecule has 0 fully saturated rings. The van der Waals surface area contributed by atoms with Gasteiger partial charge in [0.05, 0.1) is 0 Å². The van der Waals surface area contributed by atoms with E-state index in [0.29, 0.717) is 6.54 Å². The van der Waals surface area contributed by atoms with E-state index in [4.69, 9.17) is 0 Å². The lowest BCUT2D eigenvalue weighted by Crippen LogP contribution is -2.31. The summed E-state index contributed by atoms with van der Waals surface area (Å²) in [6.07, 6.45) is 4.35. The van der Waals surface area contributed by atoms with Crippen molar-refractivity contribution in [3.8, 4) is 0 Å². The first-order valence-electron chi connectivity index (χ1n) is 9.59. The van der Waals surface area contributed by atoms with Gasteiger partial charge in [-0.15, -0.1) is 12.4 Å². The standard InChI is InChI=1S/C23H20F2N4O.ClH/c1-15-10-12-29(21-7-2-3-11-26-21)14-17(15)16-8-9-20(27-13-16)28-23(30)22-18(24)5-4-6-19(22)25;/h2-9,11,13H,10,12,14H2,1H3,(H,27,28,30);1H. The average Bonchev–Trinajstić information content (AvgIpc) is 2.75. The summed E-state index contributed by atoms with van der Waals surface area (Å²) >= 11 is 0.